The third kappa shape index (κ3) is 2.51. The van der Waals surface area contributed by atoms with Gasteiger partial charge in [0.25, 0.3) is 5.91 Å². The number of nitrogens with zero attached hydrogens (tertiary/aromatic N) is 2. The summed E-state index contributed by atoms with van der Waals surface area (Å²) in [4.78, 5) is 16.3. The zero-order valence-corrected chi connectivity index (χ0v) is 10.6. The van der Waals surface area contributed by atoms with Gasteiger partial charge in [0.05, 0.1) is 18.3 Å². The SMILES string of the molecule is CCC(CO)NC(=O)c1ccn2cc(C)nc2c1. The van der Waals surface area contributed by atoms with E-state index in [1.807, 2.05) is 30.6 Å². The third-order valence-electron chi connectivity index (χ3n) is 2.89. The molecule has 18 heavy (non-hydrogen) atoms. The van der Waals surface area contributed by atoms with Gasteiger partial charge in [0, 0.05) is 18.0 Å². The largest absolute Gasteiger partial charge is 0.394 e. The van der Waals surface area contributed by atoms with Crippen LogP contribution in [0.15, 0.2) is 24.5 Å². The van der Waals surface area contributed by atoms with Crippen molar-refractivity contribution in [3.05, 3.63) is 35.8 Å². The van der Waals surface area contributed by atoms with E-state index in [9.17, 15) is 4.79 Å². The van der Waals surface area contributed by atoms with Crippen LogP contribution in [0.5, 0.6) is 0 Å². The van der Waals surface area contributed by atoms with E-state index in [2.05, 4.69) is 10.3 Å². The average molecular weight is 247 g/mol. The smallest absolute Gasteiger partial charge is 0.251 e. The molecule has 96 valence electrons. The highest BCUT2D eigenvalue weighted by molar-refractivity contribution is 5.95. The maximum absolute atomic E-state index is 12.0. The Hall–Kier alpha value is -1.88. The quantitative estimate of drug-likeness (QED) is 0.851. The lowest BCUT2D eigenvalue weighted by Crippen LogP contribution is -2.36. The summed E-state index contributed by atoms with van der Waals surface area (Å²) in [5, 5.41) is 11.8. The van der Waals surface area contributed by atoms with Crippen LogP contribution in [0.25, 0.3) is 5.65 Å². The highest BCUT2D eigenvalue weighted by Crippen LogP contribution is 2.08. The first-order chi connectivity index (χ1) is 8.63. The number of carbonyl (C=O) groups excluding carboxylic acids is 1. The fourth-order valence-electron chi connectivity index (χ4n) is 1.80. The Bertz CT molecular complexity index is 558. The molecule has 0 aromatic carbocycles. The summed E-state index contributed by atoms with van der Waals surface area (Å²) in [6, 6.07) is 3.29. The average Bonchev–Trinajstić information content (AvgIpc) is 2.74. The Labute approximate surface area is 105 Å². The summed E-state index contributed by atoms with van der Waals surface area (Å²) in [6.07, 6.45) is 4.41. The van der Waals surface area contributed by atoms with Crippen molar-refractivity contribution in [1.29, 1.82) is 0 Å². The van der Waals surface area contributed by atoms with Crippen molar-refractivity contribution >= 4 is 11.6 Å². The molecule has 0 aliphatic carbocycles. The molecular weight excluding hydrogens is 230 g/mol. The lowest BCUT2D eigenvalue weighted by molar-refractivity contribution is 0.0915. The van der Waals surface area contributed by atoms with Gasteiger partial charge in [-0.1, -0.05) is 6.92 Å². The van der Waals surface area contributed by atoms with Crippen molar-refractivity contribution in [3.8, 4) is 0 Å². The molecule has 1 unspecified atom stereocenters. The normalized spacial score (nSPS) is 12.6. The first kappa shape index (κ1) is 12.6. The van der Waals surface area contributed by atoms with Crippen LogP contribution in [0.1, 0.15) is 29.4 Å². The van der Waals surface area contributed by atoms with Crippen molar-refractivity contribution in [2.75, 3.05) is 6.61 Å². The van der Waals surface area contributed by atoms with Gasteiger partial charge in [-0.25, -0.2) is 4.98 Å². The second-order valence-corrected chi connectivity index (χ2v) is 4.32. The van der Waals surface area contributed by atoms with Crippen molar-refractivity contribution in [1.82, 2.24) is 14.7 Å². The van der Waals surface area contributed by atoms with Crippen molar-refractivity contribution in [3.63, 3.8) is 0 Å². The van der Waals surface area contributed by atoms with Crippen LogP contribution < -0.4 is 5.32 Å². The fraction of sp³-hybridized carbons (Fsp3) is 0.385. The minimum atomic E-state index is -0.199. The summed E-state index contributed by atoms with van der Waals surface area (Å²) >= 11 is 0. The minimum Gasteiger partial charge on any atom is -0.394 e. The predicted molar refractivity (Wildman–Crippen MR) is 68.6 cm³/mol. The molecule has 0 aliphatic heterocycles. The van der Waals surface area contributed by atoms with Gasteiger partial charge in [-0.3, -0.25) is 4.79 Å². The van der Waals surface area contributed by atoms with Crippen LogP contribution in [-0.4, -0.2) is 33.0 Å². The summed E-state index contributed by atoms with van der Waals surface area (Å²) in [6.45, 7) is 3.78. The lowest BCUT2D eigenvalue weighted by Gasteiger charge is -2.13. The zero-order valence-electron chi connectivity index (χ0n) is 10.6. The molecule has 2 aromatic rings. The van der Waals surface area contributed by atoms with Gasteiger partial charge in [-0.2, -0.15) is 0 Å². The molecule has 0 saturated carbocycles. The van der Waals surface area contributed by atoms with Crippen molar-refractivity contribution < 1.29 is 9.90 Å². The Morgan fingerprint density at radius 2 is 2.39 bits per heavy atom. The summed E-state index contributed by atoms with van der Waals surface area (Å²) < 4.78 is 1.87. The maximum Gasteiger partial charge on any atom is 0.251 e. The van der Waals surface area contributed by atoms with E-state index >= 15 is 0 Å². The molecule has 0 spiro atoms. The molecule has 1 amide bonds. The summed E-state index contributed by atoms with van der Waals surface area (Å²) in [7, 11) is 0. The number of aryl methyl sites for hydroxylation is 1. The number of pyridine rings is 1. The standard InChI is InChI=1S/C13H17N3O2/c1-3-11(8-17)15-13(18)10-4-5-16-7-9(2)14-12(16)6-10/h4-7,11,17H,3,8H2,1-2H3,(H,15,18). The van der Waals surface area contributed by atoms with Crippen LogP contribution >= 0.6 is 0 Å². The summed E-state index contributed by atoms with van der Waals surface area (Å²) in [5.74, 6) is -0.181. The third-order valence-corrected chi connectivity index (χ3v) is 2.89. The number of amides is 1. The van der Waals surface area contributed by atoms with Crippen LogP contribution in [0.2, 0.25) is 0 Å². The van der Waals surface area contributed by atoms with Crippen LogP contribution in [0, 0.1) is 6.92 Å². The number of hydrogen-bond donors (Lipinski definition) is 2. The number of hydrogen-bond acceptors (Lipinski definition) is 3. The number of nitrogens with one attached hydrogen (secondary N) is 1. The lowest BCUT2D eigenvalue weighted by atomic mass is 10.2. The van der Waals surface area contributed by atoms with Gasteiger partial charge in [-0.15, -0.1) is 0 Å². The first-order valence-electron chi connectivity index (χ1n) is 6.01. The molecule has 1 atom stereocenters. The van der Waals surface area contributed by atoms with E-state index in [4.69, 9.17) is 5.11 Å². The van der Waals surface area contributed by atoms with E-state index in [1.54, 1.807) is 12.1 Å². The number of imidazole rings is 1. The molecule has 0 saturated heterocycles. The fourth-order valence-corrected chi connectivity index (χ4v) is 1.80. The van der Waals surface area contributed by atoms with Gasteiger partial charge >= 0.3 is 0 Å². The van der Waals surface area contributed by atoms with Crippen LogP contribution in [0.4, 0.5) is 0 Å². The first-order valence-corrected chi connectivity index (χ1v) is 6.01. The second-order valence-electron chi connectivity index (χ2n) is 4.32. The molecule has 0 bridgehead atoms. The van der Waals surface area contributed by atoms with E-state index in [0.29, 0.717) is 12.0 Å². The number of aromatic nitrogens is 2. The predicted octanol–water partition coefficient (Wildman–Crippen LogP) is 1.14. The molecule has 0 radical (unpaired) electrons. The van der Waals surface area contributed by atoms with E-state index in [1.165, 1.54) is 0 Å². The second kappa shape index (κ2) is 5.18. The highest BCUT2D eigenvalue weighted by Gasteiger charge is 2.12. The molecule has 2 aromatic heterocycles. The molecule has 0 aliphatic rings. The maximum atomic E-state index is 12.0. The van der Waals surface area contributed by atoms with Gasteiger partial charge in [-0.05, 0) is 25.5 Å². The Morgan fingerprint density at radius 1 is 1.61 bits per heavy atom. The van der Waals surface area contributed by atoms with Crippen LogP contribution in [-0.2, 0) is 0 Å². The highest BCUT2D eigenvalue weighted by atomic mass is 16.3. The number of fused-ring (bicyclic) bond motifs is 1. The molecular formula is C13H17N3O2. The number of aliphatic hydroxyl groups excluding tert-OH is 1. The van der Waals surface area contributed by atoms with E-state index in [0.717, 1.165) is 11.3 Å². The van der Waals surface area contributed by atoms with Gasteiger partial charge in [0.15, 0.2) is 0 Å². The van der Waals surface area contributed by atoms with Crippen LogP contribution in [0.3, 0.4) is 0 Å². The summed E-state index contributed by atoms with van der Waals surface area (Å²) in [5.41, 5.74) is 2.21. The molecule has 2 N–H and O–H groups in total. The molecule has 5 nitrogen and oxygen atoms in total. The van der Waals surface area contributed by atoms with Crippen molar-refractivity contribution in [2.45, 2.75) is 26.3 Å². The number of carbonyl (C=O) groups is 1. The van der Waals surface area contributed by atoms with Gasteiger partial charge in [0.1, 0.15) is 5.65 Å². The zero-order chi connectivity index (χ0) is 13.1. The van der Waals surface area contributed by atoms with Gasteiger partial charge in [0.2, 0.25) is 0 Å². The van der Waals surface area contributed by atoms with E-state index in [-0.39, 0.29) is 18.6 Å². The number of aliphatic hydroxyl groups is 1. The Kier molecular flexibility index (Phi) is 3.62. The molecule has 0 fully saturated rings. The van der Waals surface area contributed by atoms with E-state index < -0.39 is 0 Å². The monoisotopic (exact) mass is 247 g/mol. The number of rotatable bonds is 4. The van der Waals surface area contributed by atoms with Crippen molar-refractivity contribution in [2.24, 2.45) is 0 Å². The molecule has 2 rings (SSSR count). The molecule has 5 heteroatoms. The molecule has 2 heterocycles. The Morgan fingerprint density at radius 3 is 3.06 bits per heavy atom. The topological polar surface area (TPSA) is 66.6 Å². The van der Waals surface area contributed by atoms with Gasteiger partial charge < -0.3 is 14.8 Å². The minimum absolute atomic E-state index is 0.0486. The Balaban J connectivity index is 2.22.